The Balaban J connectivity index is 0.00000450. The summed E-state index contributed by atoms with van der Waals surface area (Å²) in [6, 6.07) is 16.4. The predicted octanol–water partition coefficient (Wildman–Crippen LogP) is 4.36. The Morgan fingerprint density at radius 3 is 2.50 bits per heavy atom. The van der Waals surface area contributed by atoms with E-state index < -0.39 is 0 Å². The highest BCUT2D eigenvalue weighted by molar-refractivity contribution is 14.0. The molecule has 0 aromatic heterocycles. The van der Waals surface area contributed by atoms with Crippen LogP contribution in [-0.2, 0) is 17.8 Å². The van der Waals surface area contributed by atoms with Gasteiger partial charge in [-0.05, 0) is 44.3 Å². The van der Waals surface area contributed by atoms with Crippen molar-refractivity contribution in [3.05, 3.63) is 59.7 Å². The van der Waals surface area contributed by atoms with Crippen molar-refractivity contribution in [1.82, 2.24) is 10.2 Å². The fourth-order valence-electron chi connectivity index (χ4n) is 2.87. The van der Waals surface area contributed by atoms with Gasteiger partial charge in [0.15, 0.2) is 5.96 Å². The number of aliphatic imine (C=N–C) groups is 1. The van der Waals surface area contributed by atoms with Gasteiger partial charge in [-0.25, -0.2) is 4.99 Å². The highest BCUT2D eigenvalue weighted by Gasteiger charge is 2.05. The average Bonchev–Trinajstić information content (AvgIpc) is 2.70. The first kappa shape index (κ1) is 26.2. The van der Waals surface area contributed by atoms with Gasteiger partial charge in [-0.2, -0.15) is 0 Å². The molecule has 2 N–H and O–H groups in total. The molecule has 0 bridgehead atoms. The quantitative estimate of drug-likeness (QED) is 0.197. The smallest absolute Gasteiger partial charge is 0.196 e. The van der Waals surface area contributed by atoms with Crippen LogP contribution in [0.15, 0.2) is 53.5 Å². The molecule has 0 spiro atoms. The molecular weight excluding hydrogens is 491 g/mol. The van der Waals surface area contributed by atoms with Gasteiger partial charge in [0.05, 0.1) is 13.2 Å². The molecule has 0 fully saturated rings. The molecule has 0 saturated carbocycles. The highest BCUT2D eigenvalue weighted by Crippen LogP contribution is 2.18. The molecule has 2 aromatic carbocycles. The maximum atomic E-state index is 5.79. The minimum Gasteiger partial charge on any atom is -0.493 e. The molecule has 0 heterocycles. The minimum absolute atomic E-state index is 0. The van der Waals surface area contributed by atoms with E-state index in [2.05, 4.69) is 60.8 Å². The van der Waals surface area contributed by atoms with Gasteiger partial charge in [0, 0.05) is 45.0 Å². The normalized spacial score (nSPS) is 11.2. The Morgan fingerprint density at radius 2 is 1.80 bits per heavy atom. The molecule has 2 rings (SSSR count). The summed E-state index contributed by atoms with van der Waals surface area (Å²) in [6.07, 6.45) is 0.866. The second-order valence-electron chi connectivity index (χ2n) is 7.05. The lowest BCUT2D eigenvalue weighted by Gasteiger charge is -2.15. The molecule has 0 aliphatic carbocycles. The van der Waals surface area contributed by atoms with Gasteiger partial charge >= 0.3 is 0 Å². The first-order valence-corrected chi connectivity index (χ1v) is 10.1. The number of rotatable bonds is 11. The molecule has 0 radical (unpaired) electrons. The second-order valence-corrected chi connectivity index (χ2v) is 7.05. The molecule has 2 aromatic rings. The molecule has 166 valence electrons. The Morgan fingerprint density at radius 1 is 1.03 bits per heavy atom. The maximum Gasteiger partial charge on any atom is 0.196 e. The zero-order chi connectivity index (χ0) is 20.9. The second kappa shape index (κ2) is 15.0. The number of ether oxygens (including phenoxy) is 2. The van der Waals surface area contributed by atoms with Gasteiger partial charge < -0.3 is 25.0 Å². The number of nitrogens with one attached hydrogen (secondary N) is 2. The summed E-state index contributed by atoms with van der Waals surface area (Å²) in [5.41, 5.74) is 3.47. The van der Waals surface area contributed by atoms with Crippen molar-refractivity contribution in [2.24, 2.45) is 4.99 Å². The van der Waals surface area contributed by atoms with Crippen molar-refractivity contribution in [3.63, 3.8) is 0 Å². The van der Waals surface area contributed by atoms with Crippen molar-refractivity contribution in [2.45, 2.75) is 26.4 Å². The third kappa shape index (κ3) is 9.77. The maximum absolute atomic E-state index is 5.79. The van der Waals surface area contributed by atoms with Crippen LogP contribution in [0.3, 0.4) is 0 Å². The molecule has 6 nitrogen and oxygen atoms in total. The number of methoxy groups -OCH3 is 1. The molecular formula is C23H35IN4O2. The SMILES string of the molecule is CCNC(=NCc1ccccc1CN(C)C)Nc1cccc(OCCCOC)c1.I. The zero-order valence-corrected chi connectivity index (χ0v) is 20.8. The summed E-state index contributed by atoms with van der Waals surface area (Å²) in [5, 5.41) is 6.69. The number of hydrogen-bond acceptors (Lipinski definition) is 4. The lowest BCUT2D eigenvalue weighted by atomic mass is 10.1. The van der Waals surface area contributed by atoms with Crippen LogP contribution in [0.25, 0.3) is 0 Å². The molecule has 0 aliphatic rings. The fraction of sp³-hybridized carbons (Fsp3) is 0.435. The van der Waals surface area contributed by atoms with Crippen LogP contribution in [0.1, 0.15) is 24.5 Å². The molecule has 0 amide bonds. The number of halogens is 1. The van der Waals surface area contributed by atoms with E-state index in [9.17, 15) is 0 Å². The van der Waals surface area contributed by atoms with Crippen LogP contribution < -0.4 is 15.4 Å². The number of benzene rings is 2. The van der Waals surface area contributed by atoms with E-state index in [0.29, 0.717) is 19.8 Å². The predicted molar refractivity (Wildman–Crippen MR) is 136 cm³/mol. The van der Waals surface area contributed by atoms with E-state index in [1.165, 1.54) is 11.1 Å². The largest absolute Gasteiger partial charge is 0.493 e. The number of anilines is 1. The average molecular weight is 526 g/mol. The third-order valence-electron chi connectivity index (χ3n) is 4.21. The van der Waals surface area contributed by atoms with Crippen LogP contribution in [0.5, 0.6) is 5.75 Å². The van der Waals surface area contributed by atoms with Gasteiger partial charge in [-0.1, -0.05) is 30.3 Å². The molecule has 0 atom stereocenters. The fourth-order valence-corrected chi connectivity index (χ4v) is 2.87. The minimum atomic E-state index is 0. The Kier molecular flexibility index (Phi) is 13.1. The summed E-state index contributed by atoms with van der Waals surface area (Å²) < 4.78 is 10.8. The van der Waals surface area contributed by atoms with Crippen LogP contribution in [-0.4, -0.2) is 51.8 Å². The van der Waals surface area contributed by atoms with Crippen molar-refractivity contribution >= 4 is 35.6 Å². The molecule has 7 heteroatoms. The van der Waals surface area contributed by atoms with Crippen molar-refractivity contribution in [2.75, 3.05) is 46.3 Å². The van der Waals surface area contributed by atoms with Gasteiger partial charge in [-0.15, -0.1) is 24.0 Å². The number of nitrogens with zero attached hydrogens (tertiary/aromatic N) is 2. The standard InChI is InChI=1S/C23H34N4O2.HI/c1-5-24-23(25-17-19-10-6-7-11-20(19)18-27(2)3)26-21-12-8-13-22(16-21)29-15-9-14-28-4;/h6-8,10-13,16H,5,9,14-15,17-18H2,1-4H3,(H2,24,25,26);1H. The summed E-state index contributed by atoms with van der Waals surface area (Å²) in [5.74, 6) is 1.59. The van der Waals surface area contributed by atoms with E-state index >= 15 is 0 Å². The Bertz CT molecular complexity index is 768. The van der Waals surface area contributed by atoms with Crippen LogP contribution in [0, 0.1) is 0 Å². The number of hydrogen-bond donors (Lipinski definition) is 2. The van der Waals surface area contributed by atoms with E-state index in [1.54, 1.807) is 7.11 Å². The molecule has 0 unspecified atom stereocenters. The highest BCUT2D eigenvalue weighted by atomic mass is 127. The zero-order valence-electron chi connectivity index (χ0n) is 18.5. The third-order valence-corrected chi connectivity index (χ3v) is 4.21. The Hall–Kier alpha value is -1.84. The Labute approximate surface area is 198 Å². The van der Waals surface area contributed by atoms with Crippen molar-refractivity contribution in [1.29, 1.82) is 0 Å². The van der Waals surface area contributed by atoms with E-state index in [-0.39, 0.29) is 24.0 Å². The van der Waals surface area contributed by atoms with E-state index in [0.717, 1.165) is 36.9 Å². The summed E-state index contributed by atoms with van der Waals surface area (Å²) in [7, 11) is 5.86. The van der Waals surface area contributed by atoms with E-state index in [1.807, 2.05) is 24.3 Å². The molecule has 30 heavy (non-hydrogen) atoms. The summed E-state index contributed by atoms with van der Waals surface area (Å²) >= 11 is 0. The first-order valence-electron chi connectivity index (χ1n) is 10.1. The lowest BCUT2D eigenvalue weighted by Crippen LogP contribution is -2.30. The topological polar surface area (TPSA) is 58.1 Å². The summed E-state index contributed by atoms with van der Waals surface area (Å²) in [4.78, 5) is 6.95. The van der Waals surface area contributed by atoms with Crippen LogP contribution in [0.4, 0.5) is 5.69 Å². The van der Waals surface area contributed by atoms with Crippen molar-refractivity contribution in [3.8, 4) is 5.75 Å². The lowest BCUT2D eigenvalue weighted by molar-refractivity contribution is 0.172. The molecule has 0 saturated heterocycles. The van der Waals surface area contributed by atoms with Crippen LogP contribution >= 0.6 is 24.0 Å². The van der Waals surface area contributed by atoms with Crippen LogP contribution in [0.2, 0.25) is 0 Å². The van der Waals surface area contributed by atoms with Crippen molar-refractivity contribution < 1.29 is 9.47 Å². The van der Waals surface area contributed by atoms with Gasteiger partial charge in [0.1, 0.15) is 5.75 Å². The molecule has 0 aliphatic heterocycles. The van der Waals surface area contributed by atoms with E-state index in [4.69, 9.17) is 14.5 Å². The first-order chi connectivity index (χ1) is 14.1. The van der Waals surface area contributed by atoms with Gasteiger partial charge in [0.25, 0.3) is 0 Å². The number of guanidine groups is 1. The van der Waals surface area contributed by atoms with Gasteiger partial charge in [-0.3, -0.25) is 0 Å². The summed E-state index contributed by atoms with van der Waals surface area (Å²) in [6.45, 7) is 5.70. The van der Waals surface area contributed by atoms with Gasteiger partial charge in [0.2, 0.25) is 0 Å². The monoisotopic (exact) mass is 526 g/mol.